The van der Waals surface area contributed by atoms with Gasteiger partial charge < -0.3 is 10.3 Å². The standard InChI is InChI=1S/C13H18N2S/c1-9(2)15-12(8-16)6-11-4-3-10(7-14)5-13(11)15/h3-6,9,16H,7-8,14H2,1-2H3. The zero-order chi connectivity index (χ0) is 11.7. The van der Waals surface area contributed by atoms with Crippen LogP contribution in [0.4, 0.5) is 0 Å². The highest BCUT2D eigenvalue weighted by Crippen LogP contribution is 2.26. The van der Waals surface area contributed by atoms with Gasteiger partial charge in [0.05, 0.1) is 0 Å². The molecule has 0 fully saturated rings. The van der Waals surface area contributed by atoms with E-state index in [1.807, 2.05) is 0 Å². The van der Waals surface area contributed by atoms with Crippen molar-refractivity contribution in [3.63, 3.8) is 0 Å². The first-order valence-electron chi connectivity index (χ1n) is 5.61. The van der Waals surface area contributed by atoms with Crippen LogP contribution in [-0.2, 0) is 12.3 Å². The number of hydrogen-bond acceptors (Lipinski definition) is 2. The summed E-state index contributed by atoms with van der Waals surface area (Å²) in [5.74, 6) is 0.769. The maximum Gasteiger partial charge on any atom is 0.0488 e. The number of aromatic nitrogens is 1. The van der Waals surface area contributed by atoms with Crippen LogP contribution in [0.25, 0.3) is 10.9 Å². The first kappa shape index (κ1) is 11.6. The highest BCUT2D eigenvalue weighted by molar-refractivity contribution is 7.79. The Kier molecular flexibility index (Phi) is 3.26. The van der Waals surface area contributed by atoms with Gasteiger partial charge in [-0.15, -0.1) is 0 Å². The fourth-order valence-corrected chi connectivity index (χ4v) is 2.43. The molecule has 3 heteroatoms. The van der Waals surface area contributed by atoms with E-state index in [1.165, 1.54) is 22.2 Å². The summed E-state index contributed by atoms with van der Waals surface area (Å²) in [5, 5.41) is 1.27. The Morgan fingerprint density at radius 2 is 2.06 bits per heavy atom. The molecule has 0 spiro atoms. The average molecular weight is 234 g/mol. The number of fused-ring (bicyclic) bond motifs is 1. The van der Waals surface area contributed by atoms with Gasteiger partial charge in [-0.2, -0.15) is 12.6 Å². The van der Waals surface area contributed by atoms with Gasteiger partial charge in [-0.1, -0.05) is 12.1 Å². The zero-order valence-corrected chi connectivity index (χ0v) is 10.7. The van der Waals surface area contributed by atoms with Crippen molar-refractivity contribution >= 4 is 23.5 Å². The van der Waals surface area contributed by atoms with Crippen molar-refractivity contribution in [2.24, 2.45) is 5.73 Å². The lowest BCUT2D eigenvalue weighted by molar-refractivity contribution is 0.606. The molecule has 0 aliphatic rings. The molecule has 2 nitrogen and oxygen atoms in total. The second kappa shape index (κ2) is 4.52. The third kappa shape index (κ3) is 1.85. The van der Waals surface area contributed by atoms with Crippen molar-refractivity contribution in [1.29, 1.82) is 0 Å². The Balaban J connectivity index is 2.70. The number of benzene rings is 1. The van der Waals surface area contributed by atoms with Crippen molar-refractivity contribution in [3.05, 3.63) is 35.5 Å². The monoisotopic (exact) mass is 234 g/mol. The molecule has 0 unspecified atom stereocenters. The highest BCUT2D eigenvalue weighted by Gasteiger charge is 2.10. The van der Waals surface area contributed by atoms with E-state index in [2.05, 4.69) is 55.3 Å². The number of nitrogens with zero attached hydrogens (tertiary/aromatic N) is 1. The van der Waals surface area contributed by atoms with E-state index < -0.39 is 0 Å². The third-order valence-corrected chi connectivity index (χ3v) is 3.22. The van der Waals surface area contributed by atoms with E-state index in [0.29, 0.717) is 12.6 Å². The number of nitrogens with two attached hydrogens (primary N) is 1. The summed E-state index contributed by atoms with van der Waals surface area (Å²) in [4.78, 5) is 0. The Morgan fingerprint density at radius 3 is 2.62 bits per heavy atom. The van der Waals surface area contributed by atoms with E-state index in [9.17, 15) is 0 Å². The van der Waals surface area contributed by atoms with Crippen LogP contribution in [0.3, 0.4) is 0 Å². The molecule has 2 N–H and O–H groups in total. The van der Waals surface area contributed by atoms with Gasteiger partial charge in [0.2, 0.25) is 0 Å². The molecular formula is C13H18N2S. The van der Waals surface area contributed by atoms with Crippen molar-refractivity contribution in [3.8, 4) is 0 Å². The van der Waals surface area contributed by atoms with Crippen molar-refractivity contribution in [1.82, 2.24) is 4.57 Å². The molecule has 1 heterocycles. The summed E-state index contributed by atoms with van der Waals surface area (Å²) in [6.07, 6.45) is 0. The molecule has 86 valence electrons. The Hall–Kier alpha value is -0.930. The van der Waals surface area contributed by atoms with Crippen molar-refractivity contribution in [2.45, 2.75) is 32.2 Å². The quantitative estimate of drug-likeness (QED) is 0.786. The van der Waals surface area contributed by atoms with E-state index in [0.717, 1.165) is 5.75 Å². The van der Waals surface area contributed by atoms with Crippen LogP contribution in [0.2, 0.25) is 0 Å². The predicted octanol–water partition coefficient (Wildman–Crippen LogP) is 3.11. The molecule has 0 saturated carbocycles. The molecule has 1 aromatic heterocycles. The van der Waals surface area contributed by atoms with E-state index in [-0.39, 0.29) is 0 Å². The molecule has 0 bridgehead atoms. The van der Waals surface area contributed by atoms with Gasteiger partial charge in [-0.3, -0.25) is 0 Å². The highest BCUT2D eigenvalue weighted by atomic mass is 32.1. The van der Waals surface area contributed by atoms with Crippen LogP contribution in [-0.4, -0.2) is 4.57 Å². The summed E-state index contributed by atoms with van der Waals surface area (Å²) < 4.78 is 2.33. The molecule has 0 aliphatic carbocycles. The lowest BCUT2D eigenvalue weighted by Crippen LogP contribution is -2.04. The molecule has 16 heavy (non-hydrogen) atoms. The smallest absolute Gasteiger partial charge is 0.0488 e. The first-order valence-corrected chi connectivity index (χ1v) is 6.24. The van der Waals surface area contributed by atoms with Crippen molar-refractivity contribution in [2.75, 3.05) is 0 Å². The minimum absolute atomic E-state index is 0.452. The summed E-state index contributed by atoms with van der Waals surface area (Å²) in [6, 6.07) is 9.08. The van der Waals surface area contributed by atoms with Crippen LogP contribution in [0.1, 0.15) is 31.1 Å². The van der Waals surface area contributed by atoms with Crippen LogP contribution < -0.4 is 5.73 Å². The number of rotatable bonds is 3. The summed E-state index contributed by atoms with van der Waals surface area (Å²) >= 11 is 4.39. The maximum atomic E-state index is 5.68. The fourth-order valence-electron chi connectivity index (χ4n) is 2.18. The van der Waals surface area contributed by atoms with Gasteiger partial charge in [0.1, 0.15) is 0 Å². The van der Waals surface area contributed by atoms with E-state index in [4.69, 9.17) is 5.73 Å². The molecule has 0 atom stereocenters. The van der Waals surface area contributed by atoms with Crippen LogP contribution in [0.15, 0.2) is 24.3 Å². The summed E-state index contributed by atoms with van der Waals surface area (Å²) in [7, 11) is 0. The van der Waals surface area contributed by atoms with Gasteiger partial charge in [0.15, 0.2) is 0 Å². The summed E-state index contributed by atoms with van der Waals surface area (Å²) in [6.45, 7) is 4.98. The largest absolute Gasteiger partial charge is 0.341 e. The van der Waals surface area contributed by atoms with E-state index in [1.54, 1.807) is 0 Å². The van der Waals surface area contributed by atoms with Crippen LogP contribution >= 0.6 is 12.6 Å². The second-order valence-corrected chi connectivity index (χ2v) is 4.67. The maximum absolute atomic E-state index is 5.68. The Bertz CT molecular complexity index is 500. The molecule has 0 saturated heterocycles. The van der Waals surface area contributed by atoms with Crippen LogP contribution in [0.5, 0.6) is 0 Å². The van der Waals surface area contributed by atoms with Gasteiger partial charge >= 0.3 is 0 Å². The van der Waals surface area contributed by atoms with Gasteiger partial charge in [-0.25, -0.2) is 0 Å². The Morgan fingerprint density at radius 1 is 1.31 bits per heavy atom. The molecule has 0 amide bonds. The molecule has 0 radical (unpaired) electrons. The van der Waals surface area contributed by atoms with Gasteiger partial charge in [0, 0.05) is 29.6 Å². The SMILES string of the molecule is CC(C)n1c(CS)cc2ccc(CN)cc21. The molecule has 2 rings (SSSR count). The normalized spacial score (nSPS) is 11.6. The second-order valence-electron chi connectivity index (χ2n) is 4.35. The number of hydrogen-bond donors (Lipinski definition) is 2. The van der Waals surface area contributed by atoms with E-state index >= 15 is 0 Å². The summed E-state index contributed by atoms with van der Waals surface area (Å²) in [5.41, 5.74) is 9.39. The molecule has 2 aromatic rings. The van der Waals surface area contributed by atoms with Crippen LogP contribution in [0, 0.1) is 0 Å². The van der Waals surface area contributed by atoms with Gasteiger partial charge in [-0.05, 0) is 36.9 Å². The molecule has 1 aromatic carbocycles. The molecule has 0 aliphatic heterocycles. The minimum atomic E-state index is 0.452. The third-order valence-electron chi connectivity index (χ3n) is 2.90. The zero-order valence-electron chi connectivity index (χ0n) is 9.77. The Labute approximate surface area is 102 Å². The minimum Gasteiger partial charge on any atom is -0.341 e. The topological polar surface area (TPSA) is 30.9 Å². The van der Waals surface area contributed by atoms with Gasteiger partial charge in [0.25, 0.3) is 0 Å². The van der Waals surface area contributed by atoms with Crippen molar-refractivity contribution < 1.29 is 0 Å². The fraction of sp³-hybridized carbons (Fsp3) is 0.385. The first-order chi connectivity index (χ1) is 7.67. The lowest BCUT2D eigenvalue weighted by Gasteiger charge is -2.13. The molecular weight excluding hydrogens is 216 g/mol. The average Bonchev–Trinajstić information content (AvgIpc) is 2.65. The number of thiol groups is 1. The predicted molar refractivity (Wildman–Crippen MR) is 72.9 cm³/mol. The lowest BCUT2D eigenvalue weighted by atomic mass is 10.1.